The zero-order chi connectivity index (χ0) is 11.3. The summed E-state index contributed by atoms with van der Waals surface area (Å²) >= 11 is 0. The average molecular weight is 209 g/mol. The van der Waals surface area contributed by atoms with Crippen LogP contribution in [0.1, 0.15) is 25.8 Å². The van der Waals surface area contributed by atoms with Crippen molar-refractivity contribution in [3.63, 3.8) is 0 Å². The minimum absolute atomic E-state index is 0.0140. The summed E-state index contributed by atoms with van der Waals surface area (Å²) in [7, 11) is 0. The summed E-state index contributed by atoms with van der Waals surface area (Å²) in [4.78, 5) is 11.9. The van der Waals surface area contributed by atoms with Crippen molar-refractivity contribution in [2.75, 3.05) is 6.54 Å². The van der Waals surface area contributed by atoms with Crippen molar-refractivity contribution in [3.8, 4) is 0 Å². The molecule has 1 heterocycles. The molecule has 0 amide bonds. The van der Waals surface area contributed by atoms with Gasteiger partial charge in [-0.25, -0.2) is 0 Å². The van der Waals surface area contributed by atoms with Gasteiger partial charge in [-0.1, -0.05) is 13.8 Å². The second-order valence-corrected chi connectivity index (χ2v) is 4.34. The van der Waals surface area contributed by atoms with Crippen LogP contribution in [-0.4, -0.2) is 12.3 Å². The number of Topliss-reactive ketones (excluding diaryl/α,β-unsaturated/α-hetero) is 1. The van der Waals surface area contributed by atoms with E-state index in [9.17, 15) is 4.79 Å². The van der Waals surface area contributed by atoms with Crippen molar-refractivity contribution in [2.45, 2.75) is 26.7 Å². The van der Waals surface area contributed by atoms with Gasteiger partial charge in [-0.2, -0.15) is 0 Å². The predicted octanol–water partition coefficient (Wildman–Crippen LogP) is 2.01. The Morgan fingerprint density at radius 3 is 2.73 bits per heavy atom. The molecular formula is C12H19NO2. The van der Waals surface area contributed by atoms with Gasteiger partial charge < -0.3 is 10.2 Å². The van der Waals surface area contributed by atoms with Gasteiger partial charge in [-0.15, -0.1) is 0 Å². The normalized spacial score (nSPS) is 13.1. The molecule has 0 aliphatic heterocycles. The van der Waals surface area contributed by atoms with Crippen LogP contribution in [0.25, 0.3) is 0 Å². The predicted molar refractivity (Wildman–Crippen MR) is 59.4 cm³/mol. The molecule has 0 aliphatic carbocycles. The molecule has 1 unspecified atom stereocenters. The number of carbonyl (C=O) groups excluding carboxylic acids is 1. The Balaban J connectivity index is 2.50. The Morgan fingerprint density at radius 2 is 2.27 bits per heavy atom. The zero-order valence-corrected chi connectivity index (χ0v) is 9.40. The van der Waals surface area contributed by atoms with Crippen molar-refractivity contribution in [1.82, 2.24) is 0 Å². The Kier molecular flexibility index (Phi) is 4.56. The highest BCUT2D eigenvalue weighted by molar-refractivity contribution is 5.83. The van der Waals surface area contributed by atoms with E-state index < -0.39 is 0 Å². The molecule has 84 valence electrons. The van der Waals surface area contributed by atoms with Gasteiger partial charge in [0.15, 0.2) is 0 Å². The second-order valence-electron chi connectivity index (χ2n) is 4.34. The zero-order valence-electron chi connectivity index (χ0n) is 9.40. The second kappa shape index (κ2) is 5.71. The Bertz CT molecular complexity index is 291. The molecule has 0 bridgehead atoms. The maximum Gasteiger partial charge on any atom is 0.141 e. The van der Waals surface area contributed by atoms with Crippen molar-refractivity contribution < 1.29 is 9.21 Å². The number of ketones is 1. The smallest absolute Gasteiger partial charge is 0.141 e. The highest BCUT2D eigenvalue weighted by Crippen LogP contribution is 2.14. The first-order valence-corrected chi connectivity index (χ1v) is 5.37. The van der Waals surface area contributed by atoms with E-state index in [1.54, 1.807) is 12.5 Å². The van der Waals surface area contributed by atoms with Crippen LogP contribution in [0.2, 0.25) is 0 Å². The van der Waals surface area contributed by atoms with Gasteiger partial charge in [0.25, 0.3) is 0 Å². The van der Waals surface area contributed by atoms with Crippen molar-refractivity contribution in [1.29, 1.82) is 0 Å². The molecule has 0 saturated heterocycles. The third kappa shape index (κ3) is 3.88. The van der Waals surface area contributed by atoms with E-state index >= 15 is 0 Å². The number of nitrogens with two attached hydrogens (primary N) is 1. The third-order valence-electron chi connectivity index (χ3n) is 2.45. The van der Waals surface area contributed by atoms with Crippen LogP contribution in [0.3, 0.4) is 0 Å². The maximum absolute atomic E-state index is 11.9. The maximum atomic E-state index is 11.9. The molecule has 0 aliphatic rings. The van der Waals surface area contributed by atoms with Crippen molar-refractivity contribution >= 4 is 5.78 Å². The van der Waals surface area contributed by atoms with Gasteiger partial charge >= 0.3 is 0 Å². The van der Waals surface area contributed by atoms with Gasteiger partial charge in [0, 0.05) is 18.9 Å². The van der Waals surface area contributed by atoms with Crippen LogP contribution < -0.4 is 5.73 Å². The minimum atomic E-state index is -0.0140. The first-order chi connectivity index (χ1) is 7.13. The fourth-order valence-corrected chi connectivity index (χ4v) is 1.67. The Morgan fingerprint density at radius 1 is 1.53 bits per heavy atom. The van der Waals surface area contributed by atoms with Crippen LogP contribution in [0, 0.1) is 11.8 Å². The van der Waals surface area contributed by atoms with Crippen molar-refractivity contribution in [3.05, 3.63) is 24.2 Å². The van der Waals surface area contributed by atoms with E-state index in [0.29, 0.717) is 18.9 Å². The van der Waals surface area contributed by atoms with Crippen LogP contribution in [0.4, 0.5) is 0 Å². The Hall–Kier alpha value is -1.09. The molecule has 15 heavy (non-hydrogen) atoms. The number of furan rings is 1. The summed E-state index contributed by atoms with van der Waals surface area (Å²) in [5.74, 6) is 0.708. The lowest BCUT2D eigenvalue weighted by molar-refractivity contribution is -0.122. The molecule has 0 radical (unpaired) electrons. The average Bonchev–Trinajstić information content (AvgIpc) is 2.66. The summed E-state index contributed by atoms with van der Waals surface area (Å²) in [6, 6.07) is 1.82. The minimum Gasteiger partial charge on any atom is -0.472 e. The lowest BCUT2D eigenvalue weighted by Crippen LogP contribution is -2.26. The number of hydrogen-bond acceptors (Lipinski definition) is 3. The van der Waals surface area contributed by atoms with Gasteiger partial charge in [-0.3, -0.25) is 4.79 Å². The highest BCUT2D eigenvalue weighted by Gasteiger charge is 2.18. The van der Waals surface area contributed by atoms with E-state index in [-0.39, 0.29) is 11.7 Å². The summed E-state index contributed by atoms with van der Waals surface area (Å²) in [5.41, 5.74) is 6.54. The SMILES string of the molecule is CC(C)CC(CN)C(=O)Cc1ccoc1. The Labute approximate surface area is 90.6 Å². The molecular weight excluding hydrogens is 190 g/mol. The first-order valence-electron chi connectivity index (χ1n) is 5.37. The quantitative estimate of drug-likeness (QED) is 0.779. The molecule has 3 nitrogen and oxygen atoms in total. The molecule has 1 atom stereocenters. The summed E-state index contributed by atoms with van der Waals surface area (Å²) in [6.07, 6.45) is 4.50. The molecule has 0 spiro atoms. The van der Waals surface area contributed by atoms with Gasteiger partial charge in [0.1, 0.15) is 5.78 Å². The standard InChI is InChI=1S/C12H19NO2/c1-9(2)5-11(7-13)12(14)6-10-3-4-15-8-10/h3-4,8-9,11H,5-7,13H2,1-2H3. The van der Waals surface area contributed by atoms with Gasteiger partial charge in [-0.05, 0) is 24.0 Å². The van der Waals surface area contributed by atoms with Crippen molar-refractivity contribution in [2.24, 2.45) is 17.6 Å². The molecule has 0 aromatic carbocycles. The molecule has 2 N–H and O–H groups in total. The molecule has 0 saturated carbocycles. The number of rotatable bonds is 6. The third-order valence-corrected chi connectivity index (χ3v) is 2.45. The lowest BCUT2D eigenvalue weighted by Gasteiger charge is -2.15. The van der Waals surface area contributed by atoms with E-state index in [2.05, 4.69) is 13.8 Å². The summed E-state index contributed by atoms with van der Waals surface area (Å²) in [6.45, 7) is 4.65. The summed E-state index contributed by atoms with van der Waals surface area (Å²) < 4.78 is 4.93. The number of carbonyl (C=O) groups is 1. The monoisotopic (exact) mass is 209 g/mol. The van der Waals surface area contributed by atoms with E-state index in [1.165, 1.54) is 0 Å². The van der Waals surface area contributed by atoms with Gasteiger partial charge in [0.05, 0.1) is 12.5 Å². The topological polar surface area (TPSA) is 56.2 Å². The molecule has 1 rings (SSSR count). The van der Waals surface area contributed by atoms with E-state index in [1.807, 2.05) is 6.07 Å². The lowest BCUT2D eigenvalue weighted by atomic mass is 9.91. The van der Waals surface area contributed by atoms with Crippen LogP contribution in [0.15, 0.2) is 23.0 Å². The van der Waals surface area contributed by atoms with Crippen LogP contribution in [0.5, 0.6) is 0 Å². The highest BCUT2D eigenvalue weighted by atomic mass is 16.3. The largest absolute Gasteiger partial charge is 0.472 e. The van der Waals surface area contributed by atoms with Crippen LogP contribution >= 0.6 is 0 Å². The first kappa shape index (κ1) is 12.0. The van der Waals surface area contributed by atoms with Gasteiger partial charge in [0.2, 0.25) is 0 Å². The van der Waals surface area contributed by atoms with Crippen LogP contribution in [-0.2, 0) is 11.2 Å². The van der Waals surface area contributed by atoms with E-state index in [4.69, 9.17) is 10.2 Å². The summed E-state index contributed by atoms with van der Waals surface area (Å²) in [5, 5.41) is 0. The number of hydrogen-bond donors (Lipinski definition) is 1. The fourth-order valence-electron chi connectivity index (χ4n) is 1.67. The fraction of sp³-hybridized carbons (Fsp3) is 0.583. The molecule has 3 heteroatoms. The molecule has 0 fully saturated rings. The van der Waals surface area contributed by atoms with E-state index in [0.717, 1.165) is 12.0 Å². The molecule has 1 aromatic rings. The molecule has 1 aromatic heterocycles.